The zero-order valence-electron chi connectivity index (χ0n) is 21.7. The van der Waals surface area contributed by atoms with Gasteiger partial charge in [-0.2, -0.15) is 5.26 Å². The molecule has 1 saturated heterocycles. The number of nitriles is 1. The zero-order chi connectivity index (χ0) is 27.3. The Labute approximate surface area is 220 Å². The van der Waals surface area contributed by atoms with Gasteiger partial charge in [0.2, 0.25) is 0 Å². The molecule has 1 saturated carbocycles. The number of halogens is 2. The predicted octanol–water partition coefficient (Wildman–Crippen LogP) is 5.45. The van der Waals surface area contributed by atoms with Crippen molar-refractivity contribution in [1.82, 2.24) is 9.97 Å². The molecule has 0 radical (unpaired) electrons. The van der Waals surface area contributed by atoms with Crippen LogP contribution in [0.1, 0.15) is 69.7 Å². The highest BCUT2D eigenvalue weighted by molar-refractivity contribution is 5.89. The summed E-state index contributed by atoms with van der Waals surface area (Å²) >= 11 is 0. The van der Waals surface area contributed by atoms with Crippen LogP contribution in [0.4, 0.5) is 25.1 Å². The van der Waals surface area contributed by atoms with Gasteiger partial charge in [-0.1, -0.05) is 6.92 Å². The number of aliphatic imine (C=N–C) groups is 1. The fourth-order valence-corrected chi connectivity index (χ4v) is 5.95. The highest BCUT2D eigenvalue weighted by Gasteiger charge is 2.62. The number of benzene rings is 1. The number of anilines is 1. The summed E-state index contributed by atoms with van der Waals surface area (Å²) in [7, 11) is 0. The molecule has 3 atom stereocenters. The first-order valence-corrected chi connectivity index (χ1v) is 12.8. The number of aliphatic hydroxyl groups is 1. The molecular formula is C28H31F2N5O3. The van der Waals surface area contributed by atoms with Crippen molar-refractivity contribution >= 4 is 23.8 Å². The molecule has 1 unspecified atom stereocenters. The van der Waals surface area contributed by atoms with E-state index in [1.165, 1.54) is 17.3 Å². The van der Waals surface area contributed by atoms with Gasteiger partial charge in [0.05, 0.1) is 42.0 Å². The molecule has 10 heteroatoms. The highest BCUT2D eigenvalue weighted by atomic mass is 19.3. The maximum atomic E-state index is 15.5. The normalized spacial score (nSPS) is 28.5. The number of aromatic nitrogens is 2. The van der Waals surface area contributed by atoms with E-state index in [4.69, 9.17) is 4.74 Å². The molecule has 38 heavy (non-hydrogen) atoms. The van der Waals surface area contributed by atoms with Gasteiger partial charge >= 0.3 is 6.09 Å². The van der Waals surface area contributed by atoms with Crippen LogP contribution in [0.2, 0.25) is 0 Å². The van der Waals surface area contributed by atoms with Gasteiger partial charge in [-0.15, -0.1) is 0 Å². The van der Waals surface area contributed by atoms with E-state index in [0.29, 0.717) is 24.1 Å². The molecule has 1 aliphatic carbocycles. The van der Waals surface area contributed by atoms with Crippen molar-refractivity contribution in [1.29, 1.82) is 5.26 Å². The van der Waals surface area contributed by atoms with Crippen molar-refractivity contribution in [3.8, 4) is 6.07 Å². The number of rotatable bonds is 4. The van der Waals surface area contributed by atoms with Crippen LogP contribution < -0.4 is 4.90 Å². The van der Waals surface area contributed by atoms with Crippen molar-refractivity contribution in [3.05, 3.63) is 47.4 Å². The van der Waals surface area contributed by atoms with Crippen LogP contribution >= 0.6 is 0 Å². The Morgan fingerprint density at radius 3 is 2.74 bits per heavy atom. The van der Waals surface area contributed by atoms with Crippen molar-refractivity contribution in [2.24, 2.45) is 16.3 Å². The summed E-state index contributed by atoms with van der Waals surface area (Å²) in [6.45, 7) is 4.86. The second kappa shape index (κ2) is 9.09. The summed E-state index contributed by atoms with van der Waals surface area (Å²) in [4.78, 5) is 27.3. The first-order chi connectivity index (χ1) is 17.8. The lowest BCUT2D eigenvalue weighted by Crippen LogP contribution is -2.54. The van der Waals surface area contributed by atoms with Crippen LogP contribution in [-0.2, 0) is 16.8 Å². The second-order valence-electron chi connectivity index (χ2n) is 11.6. The van der Waals surface area contributed by atoms with E-state index >= 15 is 8.78 Å². The number of aryl methyl sites for hydroxylation is 1. The molecule has 2 fully saturated rings. The molecule has 200 valence electrons. The van der Waals surface area contributed by atoms with E-state index < -0.39 is 28.6 Å². The summed E-state index contributed by atoms with van der Waals surface area (Å²) in [5.41, 5.74) is -1.05. The fraction of sp³-hybridized carbons (Fsp3) is 0.536. The van der Waals surface area contributed by atoms with Crippen LogP contribution in [0.25, 0.3) is 0 Å². The molecule has 2 aromatic rings. The third-order valence-electron chi connectivity index (χ3n) is 8.13. The quantitative estimate of drug-likeness (QED) is 0.570. The average molecular weight is 524 g/mol. The Bertz CT molecular complexity index is 1320. The molecule has 0 bridgehead atoms. The molecule has 1 aromatic carbocycles. The SMILES string of the molecule is CC(C)(O)c1cnc(N2C[C@@]3(CCC(F)(F)[C@](C)(CC4C=Nc5ccc(C#N)cc5CC4)C3)OC2=O)cn1. The molecule has 5 rings (SSSR count). The van der Waals surface area contributed by atoms with Crippen LogP contribution in [0, 0.1) is 22.7 Å². The minimum Gasteiger partial charge on any atom is -0.441 e. The number of fused-ring (bicyclic) bond motifs is 1. The minimum absolute atomic E-state index is 0.0142. The van der Waals surface area contributed by atoms with E-state index in [1.807, 2.05) is 6.07 Å². The first kappa shape index (κ1) is 26.2. The Balaban J connectivity index is 1.34. The van der Waals surface area contributed by atoms with Gasteiger partial charge in [0, 0.05) is 24.5 Å². The lowest BCUT2D eigenvalue weighted by molar-refractivity contribution is -0.189. The monoisotopic (exact) mass is 523 g/mol. The fourth-order valence-electron chi connectivity index (χ4n) is 5.95. The largest absolute Gasteiger partial charge is 0.441 e. The first-order valence-electron chi connectivity index (χ1n) is 12.8. The van der Waals surface area contributed by atoms with Gasteiger partial charge in [-0.25, -0.2) is 18.6 Å². The van der Waals surface area contributed by atoms with Crippen molar-refractivity contribution in [2.75, 3.05) is 11.4 Å². The van der Waals surface area contributed by atoms with E-state index in [1.54, 1.807) is 39.1 Å². The average Bonchev–Trinajstić information content (AvgIpc) is 3.05. The summed E-state index contributed by atoms with van der Waals surface area (Å²) in [5, 5.41) is 19.3. The van der Waals surface area contributed by atoms with Gasteiger partial charge in [-0.05, 0) is 69.2 Å². The maximum absolute atomic E-state index is 15.5. The maximum Gasteiger partial charge on any atom is 0.416 e. The highest BCUT2D eigenvalue weighted by Crippen LogP contribution is 2.57. The lowest BCUT2D eigenvalue weighted by atomic mass is 9.62. The van der Waals surface area contributed by atoms with E-state index in [-0.39, 0.29) is 44.0 Å². The third-order valence-corrected chi connectivity index (χ3v) is 8.13. The van der Waals surface area contributed by atoms with Gasteiger partial charge in [-0.3, -0.25) is 14.9 Å². The van der Waals surface area contributed by atoms with Crippen LogP contribution in [0.5, 0.6) is 0 Å². The van der Waals surface area contributed by atoms with Gasteiger partial charge in [0.25, 0.3) is 5.92 Å². The Kier molecular flexibility index (Phi) is 6.26. The molecule has 3 aliphatic rings. The molecule has 3 heterocycles. The van der Waals surface area contributed by atoms with Crippen molar-refractivity contribution < 1.29 is 23.4 Å². The van der Waals surface area contributed by atoms with E-state index in [2.05, 4.69) is 21.0 Å². The molecule has 1 N–H and O–H groups in total. The number of carbonyl (C=O) groups is 1. The minimum atomic E-state index is -2.94. The van der Waals surface area contributed by atoms with E-state index in [0.717, 1.165) is 11.3 Å². The zero-order valence-corrected chi connectivity index (χ0v) is 21.7. The Morgan fingerprint density at radius 1 is 1.26 bits per heavy atom. The number of carbonyl (C=O) groups excluding carboxylic acids is 1. The number of nitrogens with zero attached hydrogens (tertiary/aromatic N) is 5. The molecule has 2 aliphatic heterocycles. The van der Waals surface area contributed by atoms with Crippen molar-refractivity contribution in [2.45, 2.75) is 76.4 Å². The summed E-state index contributed by atoms with van der Waals surface area (Å²) in [6.07, 6.45) is 5.07. The molecule has 1 amide bonds. The van der Waals surface area contributed by atoms with Crippen LogP contribution in [-0.4, -0.2) is 45.5 Å². The number of alkyl halides is 2. The summed E-state index contributed by atoms with van der Waals surface area (Å²) < 4.78 is 36.8. The molecule has 8 nitrogen and oxygen atoms in total. The summed E-state index contributed by atoms with van der Waals surface area (Å²) in [5.74, 6) is -2.87. The van der Waals surface area contributed by atoms with Crippen LogP contribution in [0.3, 0.4) is 0 Å². The molecular weight excluding hydrogens is 492 g/mol. The van der Waals surface area contributed by atoms with Crippen molar-refractivity contribution in [3.63, 3.8) is 0 Å². The number of hydrogen-bond acceptors (Lipinski definition) is 7. The lowest BCUT2D eigenvalue weighted by Gasteiger charge is -2.48. The summed E-state index contributed by atoms with van der Waals surface area (Å²) in [6, 6.07) is 7.44. The van der Waals surface area contributed by atoms with Crippen LogP contribution in [0.15, 0.2) is 35.6 Å². The standard InChI is InChI=1S/C28H31F2N5O3/c1-25(2,37)22-14-34-23(15-33-22)35-17-27(38-24(35)36)8-9-28(29,30)26(3,16-27)11-19-4-6-20-10-18(12-31)5-7-21(20)32-13-19/h5,7,10,13-15,19,37H,4,6,8-9,11,16-17H2,1-3H3/t19?,26-,27+/m1/s1. The van der Waals surface area contributed by atoms with E-state index in [9.17, 15) is 15.2 Å². The van der Waals surface area contributed by atoms with Gasteiger partial charge in [0.1, 0.15) is 11.2 Å². The molecule has 1 spiro atoms. The van der Waals surface area contributed by atoms with Gasteiger partial charge < -0.3 is 9.84 Å². The topological polar surface area (TPSA) is 112 Å². The Morgan fingerprint density at radius 2 is 2.05 bits per heavy atom. The Hall–Kier alpha value is -3.45. The molecule has 1 aromatic heterocycles. The number of ether oxygens (including phenoxy) is 1. The van der Waals surface area contributed by atoms with Gasteiger partial charge in [0.15, 0.2) is 5.82 Å². The number of amides is 1. The predicted molar refractivity (Wildman–Crippen MR) is 136 cm³/mol. The smallest absolute Gasteiger partial charge is 0.416 e. The third kappa shape index (κ3) is 4.75. The second-order valence-corrected chi connectivity index (χ2v) is 11.6. The number of hydrogen-bond donors (Lipinski definition) is 1.